The number of rotatable bonds is 3. The van der Waals surface area contributed by atoms with E-state index < -0.39 is 5.41 Å². The monoisotopic (exact) mass is 895 g/mol. The molecule has 0 N–H and O–H groups in total. The Labute approximate surface area is 399 Å². The molecule has 5 aromatic heterocycles. The van der Waals surface area contributed by atoms with Gasteiger partial charge in [-0.1, -0.05) is 84.6 Å². The summed E-state index contributed by atoms with van der Waals surface area (Å²) in [4.78, 5) is 16.3. The van der Waals surface area contributed by atoms with E-state index in [0.717, 1.165) is 99.6 Å². The molecule has 6 heterocycles. The summed E-state index contributed by atoms with van der Waals surface area (Å²) >= 11 is 1.82. The van der Waals surface area contributed by atoms with Gasteiger partial charge < -0.3 is 13.7 Å². The van der Waals surface area contributed by atoms with Crippen molar-refractivity contribution < 1.29 is 0 Å². The summed E-state index contributed by atoms with van der Waals surface area (Å²) in [5.41, 5.74) is 16.6. The Kier molecular flexibility index (Phi) is 7.65. The number of aromatic nitrogens is 5. The topological polar surface area (TPSA) is 68.7 Å². The number of para-hydroxylation sites is 3. The zero-order valence-electron chi connectivity index (χ0n) is 36.6. The van der Waals surface area contributed by atoms with Gasteiger partial charge in [-0.3, -0.25) is 9.97 Å². The maximum atomic E-state index is 9.81. The summed E-state index contributed by atoms with van der Waals surface area (Å²) in [6, 6.07) is 69.4. The van der Waals surface area contributed by atoms with Gasteiger partial charge in [0.15, 0.2) is 5.69 Å². The molecule has 8 heteroatoms. The summed E-state index contributed by atoms with van der Waals surface area (Å²) < 4.78 is 7.09. The molecule has 13 aromatic rings. The minimum atomic E-state index is -0.751. The first-order chi connectivity index (χ1) is 34.1. The molecule has 7 nitrogen and oxygen atoms in total. The number of nitriles is 1. The number of pyridine rings is 2. The van der Waals surface area contributed by atoms with Crippen LogP contribution < -0.4 is 0 Å². The van der Waals surface area contributed by atoms with Gasteiger partial charge in [-0.25, -0.2) is 4.85 Å². The summed E-state index contributed by atoms with van der Waals surface area (Å²) in [6.45, 7) is 7.80. The van der Waals surface area contributed by atoms with E-state index in [9.17, 15) is 5.26 Å². The largest absolute Gasteiger partial charge is 0.309 e. The van der Waals surface area contributed by atoms with Crippen LogP contribution in [0, 0.1) is 17.9 Å². The van der Waals surface area contributed by atoms with Crippen LogP contribution in [0.4, 0.5) is 5.69 Å². The highest BCUT2D eigenvalue weighted by molar-refractivity contribution is 7.99. The average Bonchev–Trinajstić information content (AvgIpc) is 4.12. The highest BCUT2D eigenvalue weighted by Gasteiger charge is 2.52. The normalized spacial score (nSPS) is 13.2. The van der Waals surface area contributed by atoms with Crippen LogP contribution in [-0.4, -0.2) is 23.7 Å². The van der Waals surface area contributed by atoms with Gasteiger partial charge in [-0.15, -0.1) is 0 Å². The Morgan fingerprint density at radius 1 is 0.435 bits per heavy atom. The van der Waals surface area contributed by atoms with E-state index in [1.807, 2.05) is 48.4 Å². The third-order valence-corrected chi connectivity index (χ3v) is 15.8. The van der Waals surface area contributed by atoms with Gasteiger partial charge in [0, 0.05) is 66.2 Å². The van der Waals surface area contributed by atoms with Gasteiger partial charge in [-0.05, 0) is 143 Å². The first-order valence-corrected chi connectivity index (χ1v) is 23.7. The molecule has 1 spiro atoms. The number of benzene rings is 8. The van der Waals surface area contributed by atoms with Crippen molar-refractivity contribution in [3.63, 3.8) is 0 Å². The molecule has 0 saturated heterocycles. The van der Waals surface area contributed by atoms with Gasteiger partial charge in [0.1, 0.15) is 0 Å². The van der Waals surface area contributed by atoms with Crippen LogP contribution in [0.5, 0.6) is 0 Å². The molecular weight excluding hydrogens is 863 g/mol. The Morgan fingerprint density at radius 3 is 1.42 bits per heavy atom. The van der Waals surface area contributed by atoms with Crippen LogP contribution in [0.25, 0.3) is 98.7 Å². The molecule has 8 aromatic carbocycles. The molecule has 0 radical (unpaired) electrons. The number of fused-ring (bicyclic) bond motifs is 18. The van der Waals surface area contributed by atoms with Crippen LogP contribution >= 0.6 is 11.8 Å². The Bertz CT molecular complexity index is 4470. The Balaban J connectivity index is 0.981. The van der Waals surface area contributed by atoms with Crippen molar-refractivity contribution in [2.75, 3.05) is 0 Å². The highest BCUT2D eigenvalue weighted by Crippen LogP contribution is 2.62. The van der Waals surface area contributed by atoms with Gasteiger partial charge in [0.2, 0.25) is 0 Å². The molecule has 318 valence electrons. The van der Waals surface area contributed by atoms with Gasteiger partial charge >= 0.3 is 0 Å². The van der Waals surface area contributed by atoms with Crippen LogP contribution in [0.15, 0.2) is 210 Å². The molecule has 0 fully saturated rings. The van der Waals surface area contributed by atoms with E-state index >= 15 is 0 Å². The zero-order valence-corrected chi connectivity index (χ0v) is 37.4. The van der Waals surface area contributed by atoms with Crippen molar-refractivity contribution in [1.82, 2.24) is 23.7 Å². The van der Waals surface area contributed by atoms with Gasteiger partial charge in [0.25, 0.3) is 0 Å². The van der Waals surface area contributed by atoms with Crippen molar-refractivity contribution in [3.8, 4) is 34.5 Å². The number of hydrogen-bond acceptors (Lipinski definition) is 4. The first kappa shape index (κ1) is 38.0. The number of nitrogens with zero attached hydrogens (tertiary/aromatic N) is 7. The standard InChI is InChI=1S/C61H33N7S/c1-63-37-19-24-55-45(31-37)42-11-3-6-16-52(42)67(55)39-21-26-57-49(33-39)61(47-13-8-28-64-59(47)60-48(61)14-9-29-65-60)50-34-40(22-27-58(50)69-57)68-53-17-7-4-12-43(53)46-32-38(20-25-56(46)68)66-51-15-5-2-10-41(51)44-30-36(35-62)18-23-54(44)66/h2-34H. The fourth-order valence-electron chi connectivity index (χ4n) is 11.9. The van der Waals surface area contributed by atoms with Gasteiger partial charge in [-0.2, -0.15) is 5.26 Å². The maximum absolute atomic E-state index is 9.81. The smallest absolute Gasteiger partial charge is 0.188 e. The second-order valence-electron chi connectivity index (χ2n) is 17.9. The molecule has 0 saturated carbocycles. The van der Waals surface area contributed by atoms with Crippen molar-refractivity contribution in [3.05, 3.63) is 240 Å². The lowest BCUT2D eigenvalue weighted by Gasteiger charge is -2.39. The SMILES string of the molecule is [C-]#[N+]c1ccc2c(c1)c1ccccc1n2-c1ccc2c(c1)C1(c3cc(-n4c5ccccc5c5cc(-n6c7ccccc7c7cc(C#N)ccc76)ccc54)ccc3S2)c2cccnc2-c2ncccc21. The molecule has 0 unspecified atom stereocenters. The molecule has 2 aliphatic rings. The second kappa shape index (κ2) is 13.9. The summed E-state index contributed by atoms with van der Waals surface area (Å²) in [5, 5.41) is 16.5. The van der Waals surface area contributed by atoms with E-state index in [0.29, 0.717) is 11.3 Å². The third-order valence-electron chi connectivity index (χ3n) is 14.6. The lowest BCUT2D eigenvalue weighted by molar-refractivity contribution is 0.717. The Hall–Kier alpha value is -9.21. The van der Waals surface area contributed by atoms with E-state index in [2.05, 4.69) is 188 Å². The molecule has 0 bridgehead atoms. The summed E-state index contributed by atoms with van der Waals surface area (Å²) in [6.07, 6.45) is 3.76. The highest BCUT2D eigenvalue weighted by atomic mass is 32.2. The fourth-order valence-corrected chi connectivity index (χ4v) is 13.0. The summed E-state index contributed by atoms with van der Waals surface area (Å²) in [7, 11) is 0. The minimum absolute atomic E-state index is 0.625. The van der Waals surface area contributed by atoms with E-state index in [1.165, 1.54) is 26.3 Å². The van der Waals surface area contributed by atoms with Crippen LogP contribution in [0.3, 0.4) is 0 Å². The third kappa shape index (κ3) is 5.00. The number of hydrogen-bond donors (Lipinski definition) is 0. The van der Waals surface area contributed by atoms with E-state index in [4.69, 9.17) is 16.5 Å². The fraction of sp³-hybridized carbons (Fsp3) is 0.0164. The molecule has 0 atom stereocenters. The molecule has 69 heavy (non-hydrogen) atoms. The van der Waals surface area contributed by atoms with Crippen LogP contribution in [0.1, 0.15) is 27.8 Å². The first-order valence-electron chi connectivity index (χ1n) is 22.9. The lowest BCUT2D eigenvalue weighted by Crippen LogP contribution is -2.32. The lowest BCUT2D eigenvalue weighted by atomic mass is 9.67. The maximum Gasteiger partial charge on any atom is 0.188 e. The predicted molar refractivity (Wildman–Crippen MR) is 277 cm³/mol. The average molecular weight is 896 g/mol. The second-order valence-corrected chi connectivity index (χ2v) is 19.0. The van der Waals surface area contributed by atoms with Crippen LogP contribution in [0.2, 0.25) is 0 Å². The van der Waals surface area contributed by atoms with Gasteiger partial charge in [0.05, 0.1) is 68.1 Å². The Morgan fingerprint density at radius 2 is 0.884 bits per heavy atom. The van der Waals surface area contributed by atoms with E-state index in [1.54, 1.807) is 0 Å². The minimum Gasteiger partial charge on any atom is -0.309 e. The molecule has 0 amide bonds. The van der Waals surface area contributed by atoms with Crippen molar-refractivity contribution in [2.24, 2.45) is 0 Å². The quantitative estimate of drug-likeness (QED) is 0.166. The van der Waals surface area contributed by atoms with Crippen LogP contribution in [-0.2, 0) is 5.41 Å². The molecule has 1 aliphatic heterocycles. The van der Waals surface area contributed by atoms with Crippen molar-refractivity contribution >= 4 is 82.9 Å². The molecule has 1 aliphatic carbocycles. The van der Waals surface area contributed by atoms with Crippen molar-refractivity contribution in [2.45, 2.75) is 15.2 Å². The molecular formula is C61H33N7S. The molecule has 15 rings (SSSR count). The predicted octanol–water partition coefficient (Wildman–Crippen LogP) is 15.0. The zero-order chi connectivity index (χ0) is 45.5. The summed E-state index contributed by atoms with van der Waals surface area (Å²) in [5.74, 6) is 0. The van der Waals surface area contributed by atoms with Crippen molar-refractivity contribution in [1.29, 1.82) is 5.26 Å². The van der Waals surface area contributed by atoms with E-state index in [-0.39, 0.29) is 0 Å².